The number of nitrogens with zero attached hydrogens (tertiary/aromatic N) is 1. The first-order chi connectivity index (χ1) is 11.2. The molecular formula is C18H26N2O4. The summed E-state index contributed by atoms with van der Waals surface area (Å²) in [6.45, 7) is 7.87. The summed E-state index contributed by atoms with van der Waals surface area (Å²) in [6.07, 6.45) is 1.52. The smallest absolute Gasteiger partial charge is 0.407 e. The van der Waals surface area contributed by atoms with Gasteiger partial charge in [0.05, 0.1) is 5.56 Å². The van der Waals surface area contributed by atoms with E-state index in [2.05, 4.69) is 10.2 Å². The van der Waals surface area contributed by atoms with Crippen molar-refractivity contribution in [3.8, 4) is 0 Å². The molecule has 0 saturated carbocycles. The first-order valence-electron chi connectivity index (χ1n) is 8.27. The van der Waals surface area contributed by atoms with Crippen LogP contribution >= 0.6 is 0 Å². The van der Waals surface area contributed by atoms with E-state index in [0.29, 0.717) is 12.1 Å². The number of amides is 1. The van der Waals surface area contributed by atoms with Crippen molar-refractivity contribution in [2.75, 3.05) is 13.1 Å². The topological polar surface area (TPSA) is 78.9 Å². The molecule has 1 amide bonds. The molecule has 1 aromatic carbocycles. The Bertz CT molecular complexity index is 595. The number of hydrogen-bond acceptors (Lipinski definition) is 4. The quantitative estimate of drug-likeness (QED) is 0.885. The van der Waals surface area contributed by atoms with Crippen LogP contribution in [0.4, 0.5) is 4.79 Å². The molecule has 1 aliphatic heterocycles. The molecular weight excluding hydrogens is 308 g/mol. The van der Waals surface area contributed by atoms with E-state index < -0.39 is 11.6 Å². The molecule has 1 saturated heterocycles. The van der Waals surface area contributed by atoms with Gasteiger partial charge < -0.3 is 15.2 Å². The average molecular weight is 334 g/mol. The van der Waals surface area contributed by atoms with Crippen LogP contribution in [0.25, 0.3) is 0 Å². The zero-order valence-electron chi connectivity index (χ0n) is 14.5. The van der Waals surface area contributed by atoms with Gasteiger partial charge in [0, 0.05) is 19.1 Å². The van der Waals surface area contributed by atoms with Gasteiger partial charge in [0.2, 0.25) is 0 Å². The van der Waals surface area contributed by atoms with Gasteiger partial charge in [-0.1, -0.05) is 12.1 Å². The van der Waals surface area contributed by atoms with Gasteiger partial charge in [0.25, 0.3) is 0 Å². The number of hydrogen-bond donors (Lipinski definition) is 2. The summed E-state index contributed by atoms with van der Waals surface area (Å²) in [7, 11) is 0. The molecule has 2 N–H and O–H groups in total. The monoisotopic (exact) mass is 334 g/mol. The maximum atomic E-state index is 11.9. The van der Waals surface area contributed by atoms with Crippen LogP contribution in [0.1, 0.15) is 49.5 Å². The molecule has 24 heavy (non-hydrogen) atoms. The van der Waals surface area contributed by atoms with E-state index in [-0.39, 0.29) is 12.1 Å². The minimum Gasteiger partial charge on any atom is -0.478 e. The Morgan fingerprint density at radius 3 is 2.79 bits per heavy atom. The average Bonchev–Trinajstić information content (AvgIpc) is 2.45. The van der Waals surface area contributed by atoms with Crippen LogP contribution in [0, 0.1) is 0 Å². The molecule has 1 aromatic rings. The molecule has 6 heteroatoms. The summed E-state index contributed by atoms with van der Waals surface area (Å²) < 4.78 is 5.30. The third kappa shape index (κ3) is 5.85. The molecule has 1 heterocycles. The third-order valence-corrected chi connectivity index (χ3v) is 3.81. The largest absolute Gasteiger partial charge is 0.478 e. The van der Waals surface area contributed by atoms with Crippen molar-refractivity contribution >= 4 is 12.1 Å². The highest BCUT2D eigenvalue weighted by Crippen LogP contribution is 2.16. The van der Waals surface area contributed by atoms with Gasteiger partial charge in [-0.3, -0.25) is 4.90 Å². The molecule has 6 nitrogen and oxygen atoms in total. The fourth-order valence-electron chi connectivity index (χ4n) is 2.85. The third-order valence-electron chi connectivity index (χ3n) is 3.81. The van der Waals surface area contributed by atoms with Crippen LogP contribution in [-0.2, 0) is 11.3 Å². The summed E-state index contributed by atoms with van der Waals surface area (Å²) in [5.41, 5.74) is 0.760. The standard InChI is InChI=1S/C18H26N2O4/c1-18(2,3)24-17(23)19-15-8-5-9-20(12-15)11-13-6-4-7-14(10-13)16(21)22/h4,6-7,10,15H,5,8-9,11-12H2,1-3H3,(H,19,23)(H,21,22)/t15-/m0/s1. The number of benzene rings is 1. The highest BCUT2D eigenvalue weighted by atomic mass is 16.6. The van der Waals surface area contributed by atoms with E-state index in [1.807, 2.05) is 26.8 Å². The lowest BCUT2D eigenvalue weighted by atomic mass is 10.0. The summed E-state index contributed by atoms with van der Waals surface area (Å²) >= 11 is 0. The maximum absolute atomic E-state index is 11.9. The Morgan fingerprint density at radius 1 is 1.38 bits per heavy atom. The Hall–Kier alpha value is -2.08. The second-order valence-corrected chi connectivity index (χ2v) is 7.23. The first-order valence-corrected chi connectivity index (χ1v) is 8.27. The van der Waals surface area contributed by atoms with Crippen molar-refractivity contribution in [1.82, 2.24) is 10.2 Å². The molecule has 0 radical (unpaired) electrons. The summed E-state index contributed by atoms with van der Waals surface area (Å²) in [5, 5.41) is 12.0. The van der Waals surface area contributed by atoms with E-state index >= 15 is 0 Å². The van der Waals surface area contributed by atoms with E-state index in [4.69, 9.17) is 9.84 Å². The zero-order valence-corrected chi connectivity index (χ0v) is 14.5. The molecule has 0 aromatic heterocycles. The molecule has 0 spiro atoms. The van der Waals surface area contributed by atoms with Crippen molar-refractivity contribution in [3.05, 3.63) is 35.4 Å². The van der Waals surface area contributed by atoms with Crippen LogP contribution in [0.2, 0.25) is 0 Å². The number of carboxylic acids is 1. The number of likely N-dealkylation sites (tertiary alicyclic amines) is 1. The maximum Gasteiger partial charge on any atom is 0.407 e. The van der Waals surface area contributed by atoms with Crippen LogP contribution in [0.15, 0.2) is 24.3 Å². The normalized spacial score (nSPS) is 18.9. The Balaban J connectivity index is 1.90. The highest BCUT2D eigenvalue weighted by molar-refractivity contribution is 5.87. The van der Waals surface area contributed by atoms with Crippen LogP contribution in [0.5, 0.6) is 0 Å². The van der Waals surface area contributed by atoms with Gasteiger partial charge in [0.1, 0.15) is 5.60 Å². The van der Waals surface area contributed by atoms with Gasteiger partial charge in [0.15, 0.2) is 0 Å². The number of ether oxygens (including phenoxy) is 1. The van der Waals surface area contributed by atoms with E-state index in [1.54, 1.807) is 18.2 Å². The second kappa shape index (κ2) is 7.66. The van der Waals surface area contributed by atoms with Gasteiger partial charge >= 0.3 is 12.1 Å². The summed E-state index contributed by atoms with van der Waals surface area (Å²) in [4.78, 5) is 25.2. The Labute approximate surface area is 142 Å². The predicted molar refractivity (Wildman–Crippen MR) is 91.1 cm³/mol. The predicted octanol–water partition coefficient (Wildman–Crippen LogP) is 2.87. The van der Waals surface area contributed by atoms with E-state index in [1.165, 1.54) is 0 Å². The van der Waals surface area contributed by atoms with Crippen molar-refractivity contribution in [2.45, 2.75) is 51.8 Å². The highest BCUT2D eigenvalue weighted by Gasteiger charge is 2.24. The molecule has 1 fully saturated rings. The van der Waals surface area contributed by atoms with Crippen LogP contribution in [-0.4, -0.2) is 46.8 Å². The summed E-state index contributed by atoms with van der Waals surface area (Å²) in [5.74, 6) is -0.917. The van der Waals surface area contributed by atoms with Gasteiger partial charge in [-0.15, -0.1) is 0 Å². The van der Waals surface area contributed by atoms with Crippen molar-refractivity contribution in [3.63, 3.8) is 0 Å². The SMILES string of the molecule is CC(C)(C)OC(=O)N[C@H]1CCCN(Cc2cccc(C(=O)O)c2)C1. The van der Waals surface area contributed by atoms with E-state index in [0.717, 1.165) is 31.5 Å². The van der Waals surface area contributed by atoms with Crippen LogP contribution in [0.3, 0.4) is 0 Å². The second-order valence-electron chi connectivity index (χ2n) is 7.23. The van der Waals surface area contributed by atoms with Crippen LogP contribution < -0.4 is 5.32 Å². The van der Waals surface area contributed by atoms with E-state index in [9.17, 15) is 9.59 Å². The number of nitrogens with one attached hydrogen (secondary N) is 1. The van der Waals surface area contributed by atoms with Crippen molar-refractivity contribution in [2.24, 2.45) is 0 Å². The van der Waals surface area contributed by atoms with Gasteiger partial charge in [-0.05, 0) is 57.9 Å². The molecule has 1 atom stereocenters. The number of carboxylic acid groups (broad SMARTS) is 1. The number of aromatic carboxylic acids is 1. The molecule has 0 bridgehead atoms. The molecule has 1 aliphatic rings. The minimum atomic E-state index is -0.917. The van der Waals surface area contributed by atoms with Crippen molar-refractivity contribution < 1.29 is 19.4 Å². The fraction of sp³-hybridized carbons (Fsp3) is 0.556. The lowest BCUT2D eigenvalue weighted by molar-refractivity contribution is 0.0469. The number of alkyl carbamates (subject to hydrolysis) is 1. The number of piperidine rings is 1. The molecule has 2 rings (SSSR count). The molecule has 132 valence electrons. The zero-order chi connectivity index (χ0) is 17.7. The lowest BCUT2D eigenvalue weighted by Crippen LogP contribution is -2.48. The fourth-order valence-corrected chi connectivity index (χ4v) is 2.85. The van der Waals surface area contributed by atoms with Gasteiger partial charge in [-0.25, -0.2) is 9.59 Å². The number of carbonyl (C=O) groups excluding carboxylic acids is 1. The molecule has 0 unspecified atom stereocenters. The minimum absolute atomic E-state index is 0.0521. The number of carbonyl (C=O) groups is 2. The van der Waals surface area contributed by atoms with Gasteiger partial charge in [-0.2, -0.15) is 0 Å². The number of rotatable bonds is 4. The lowest BCUT2D eigenvalue weighted by Gasteiger charge is -2.33. The Morgan fingerprint density at radius 2 is 2.12 bits per heavy atom. The van der Waals surface area contributed by atoms with Crippen molar-refractivity contribution in [1.29, 1.82) is 0 Å². The summed E-state index contributed by atoms with van der Waals surface area (Å²) in [6, 6.07) is 7.04. The molecule has 0 aliphatic carbocycles. The Kier molecular flexibility index (Phi) is 5.83. The first kappa shape index (κ1) is 18.3.